The highest BCUT2D eigenvalue weighted by atomic mass is 14.9. The molecule has 3 unspecified atom stereocenters. The van der Waals surface area contributed by atoms with E-state index in [9.17, 15) is 0 Å². The molecule has 3 atom stereocenters. The summed E-state index contributed by atoms with van der Waals surface area (Å²) in [4.78, 5) is 0. The number of rotatable bonds is 3. The van der Waals surface area contributed by atoms with Crippen molar-refractivity contribution in [3.63, 3.8) is 0 Å². The van der Waals surface area contributed by atoms with Crippen LogP contribution in [-0.2, 0) is 0 Å². The van der Waals surface area contributed by atoms with Gasteiger partial charge in [0.1, 0.15) is 0 Å². The summed E-state index contributed by atoms with van der Waals surface area (Å²) in [5.74, 6) is 1.65. The maximum atomic E-state index is 5.94. The Labute approximate surface area is 105 Å². The summed E-state index contributed by atoms with van der Waals surface area (Å²) in [7, 11) is 0. The first-order valence-electron chi connectivity index (χ1n) is 6.74. The van der Waals surface area contributed by atoms with E-state index in [-0.39, 0.29) is 0 Å². The molecule has 0 bridgehead atoms. The lowest BCUT2D eigenvalue weighted by Crippen LogP contribution is -2.24. The van der Waals surface area contributed by atoms with E-state index in [4.69, 9.17) is 5.73 Å². The maximum absolute atomic E-state index is 5.94. The van der Waals surface area contributed by atoms with Crippen molar-refractivity contribution >= 4 is 11.4 Å². The van der Waals surface area contributed by atoms with Crippen molar-refractivity contribution in [1.82, 2.24) is 0 Å². The largest absolute Gasteiger partial charge is 0.398 e. The fraction of sp³-hybridized carbons (Fsp3) is 0.600. The Balaban J connectivity index is 2.04. The molecule has 3 N–H and O–H groups in total. The Bertz CT molecular complexity index is 387. The zero-order chi connectivity index (χ0) is 12.4. The van der Waals surface area contributed by atoms with Gasteiger partial charge in [0.25, 0.3) is 0 Å². The van der Waals surface area contributed by atoms with Gasteiger partial charge in [-0.1, -0.05) is 26.3 Å². The van der Waals surface area contributed by atoms with E-state index in [1.165, 1.54) is 24.9 Å². The van der Waals surface area contributed by atoms with Crippen molar-refractivity contribution in [2.75, 3.05) is 11.1 Å². The Morgan fingerprint density at radius 3 is 2.71 bits per heavy atom. The highest BCUT2D eigenvalue weighted by molar-refractivity contribution is 5.58. The van der Waals surface area contributed by atoms with E-state index in [1.807, 2.05) is 6.92 Å². The van der Waals surface area contributed by atoms with Crippen molar-refractivity contribution in [1.29, 1.82) is 0 Å². The van der Waals surface area contributed by atoms with Crippen LogP contribution in [0.15, 0.2) is 18.2 Å². The summed E-state index contributed by atoms with van der Waals surface area (Å²) in [6, 6.07) is 6.90. The predicted octanol–water partition coefficient (Wildman–Crippen LogP) is 3.81. The molecule has 94 valence electrons. The van der Waals surface area contributed by atoms with E-state index in [0.717, 1.165) is 23.1 Å². The summed E-state index contributed by atoms with van der Waals surface area (Å²) >= 11 is 0. The lowest BCUT2D eigenvalue weighted by atomic mass is 9.93. The van der Waals surface area contributed by atoms with Crippen molar-refractivity contribution in [3.05, 3.63) is 23.8 Å². The number of hydrogen-bond acceptors (Lipinski definition) is 2. The number of nitrogens with one attached hydrogen (secondary N) is 1. The molecule has 0 amide bonds. The molecule has 0 saturated heterocycles. The summed E-state index contributed by atoms with van der Waals surface area (Å²) in [5, 5.41) is 3.64. The molecule has 1 aromatic carbocycles. The van der Waals surface area contributed by atoms with Crippen molar-refractivity contribution in [2.24, 2.45) is 11.8 Å². The number of nitrogen functional groups attached to an aromatic ring is 1. The third-order valence-electron chi connectivity index (χ3n) is 4.38. The second-order valence-electron chi connectivity index (χ2n) is 5.43. The van der Waals surface area contributed by atoms with Crippen LogP contribution >= 0.6 is 0 Å². The van der Waals surface area contributed by atoms with Crippen LogP contribution in [0.25, 0.3) is 0 Å². The molecule has 2 heteroatoms. The summed E-state index contributed by atoms with van der Waals surface area (Å²) in [6.07, 6.45) is 3.94. The molecule has 0 heterocycles. The molecule has 0 spiro atoms. The van der Waals surface area contributed by atoms with E-state index in [2.05, 4.69) is 37.4 Å². The van der Waals surface area contributed by atoms with Crippen LogP contribution in [0.5, 0.6) is 0 Å². The first kappa shape index (κ1) is 12.3. The first-order valence-corrected chi connectivity index (χ1v) is 6.74. The van der Waals surface area contributed by atoms with Crippen LogP contribution in [0.3, 0.4) is 0 Å². The normalized spacial score (nSPS) is 28.3. The minimum Gasteiger partial charge on any atom is -0.398 e. The number of benzene rings is 1. The van der Waals surface area contributed by atoms with Gasteiger partial charge in [0.15, 0.2) is 0 Å². The van der Waals surface area contributed by atoms with Crippen LogP contribution in [-0.4, -0.2) is 6.04 Å². The fourth-order valence-electron chi connectivity index (χ4n) is 2.97. The second-order valence-corrected chi connectivity index (χ2v) is 5.43. The number of nitrogens with two attached hydrogens (primary N) is 1. The number of hydrogen-bond donors (Lipinski definition) is 2. The topological polar surface area (TPSA) is 38.0 Å². The molecular formula is C15H24N2. The van der Waals surface area contributed by atoms with Gasteiger partial charge in [0, 0.05) is 17.4 Å². The molecule has 1 saturated carbocycles. The lowest BCUT2D eigenvalue weighted by Gasteiger charge is -2.22. The van der Waals surface area contributed by atoms with Gasteiger partial charge in [-0.2, -0.15) is 0 Å². The average molecular weight is 232 g/mol. The van der Waals surface area contributed by atoms with Gasteiger partial charge in [-0.3, -0.25) is 0 Å². The van der Waals surface area contributed by atoms with Gasteiger partial charge < -0.3 is 11.1 Å². The smallest absolute Gasteiger partial charge is 0.0364 e. The van der Waals surface area contributed by atoms with Gasteiger partial charge in [-0.25, -0.2) is 0 Å². The van der Waals surface area contributed by atoms with Crippen LogP contribution in [0.2, 0.25) is 0 Å². The first-order chi connectivity index (χ1) is 8.11. The van der Waals surface area contributed by atoms with Gasteiger partial charge in [0.2, 0.25) is 0 Å². The van der Waals surface area contributed by atoms with Crippen molar-refractivity contribution in [3.8, 4) is 0 Å². The predicted molar refractivity (Wildman–Crippen MR) is 75.2 cm³/mol. The molecule has 2 rings (SSSR count). The monoisotopic (exact) mass is 232 g/mol. The molecular weight excluding hydrogens is 208 g/mol. The molecule has 2 nitrogen and oxygen atoms in total. The quantitative estimate of drug-likeness (QED) is 0.778. The third-order valence-corrected chi connectivity index (χ3v) is 4.38. The summed E-state index contributed by atoms with van der Waals surface area (Å²) in [6.45, 7) is 6.72. The number of anilines is 2. The average Bonchev–Trinajstić information content (AvgIpc) is 2.65. The standard InChI is InChI=1S/C15H24N2/c1-4-12-6-8-15(11(12)3)17-13-7-5-10(2)14(16)9-13/h5,7,9,11-12,15,17H,4,6,8,16H2,1-3H3. The minimum absolute atomic E-state index is 0.613. The Morgan fingerprint density at radius 1 is 1.35 bits per heavy atom. The van der Waals surface area contributed by atoms with E-state index in [1.54, 1.807) is 0 Å². The maximum Gasteiger partial charge on any atom is 0.0364 e. The molecule has 17 heavy (non-hydrogen) atoms. The van der Waals surface area contributed by atoms with Gasteiger partial charge >= 0.3 is 0 Å². The van der Waals surface area contributed by atoms with Gasteiger partial charge in [-0.05, 0) is 49.3 Å². The van der Waals surface area contributed by atoms with Crippen molar-refractivity contribution < 1.29 is 0 Å². The van der Waals surface area contributed by atoms with Crippen LogP contribution in [0.1, 0.15) is 38.7 Å². The lowest BCUT2D eigenvalue weighted by molar-refractivity contribution is 0.392. The van der Waals surface area contributed by atoms with E-state index >= 15 is 0 Å². The highest BCUT2D eigenvalue weighted by Crippen LogP contribution is 2.35. The Hall–Kier alpha value is -1.18. The Morgan fingerprint density at radius 2 is 2.12 bits per heavy atom. The van der Waals surface area contributed by atoms with Crippen LogP contribution in [0.4, 0.5) is 11.4 Å². The van der Waals surface area contributed by atoms with Crippen LogP contribution < -0.4 is 11.1 Å². The Kier molecular flexibility index (Phi) is 3.60. The molecule has 0 aliphatic heterocycles. The van der Waals surface area contributed by atoms with E-state index in [0.29, 0.717) is 6.04 Å². The fourth-order valence-corrected chi connectivity index (χ4v) is 2.97. The van der Waals surface area contributed by atoms with Crippen molar-refractivity contribution in [2.45, 2.75) is 46.1 Å². The van der Waals surface area contributed by atoms with Gasteiger partial charge in [0.05, 0.1) is 0 Å². The van der Waals surface area contributed by atoms with Gasteiger partial charge in [-0.15, -0.1) is 0 Å². The molecule has 0 radical (unpaired) electrons. The highest BCUT2D eigenvalue weighted by Gasteiger charge is 2.31. The molecule has 0 aromatic heterocycles. The minimum atomic E-state index is 0.613. The second kappa shape index (κ2) is 4.99. The molecule has 1 aromatic rings. The van der Waals surface area contributed by atoms with Crippen LogP contribution in [0, 0.1) is 18.8 Å². The third kappa shape index (κ3) is 2.56. The zero-order valence-electron chi connectivity index (χ0n) is 11.2. The number of aryl methyl sites for hydroxylation is 1. The summed E-state index contributed by atoms with van der Waals surface area (Å²) in [5.41, 5.74) is 9.15. The zero-order valence-corrected chi connectivity index (χ0v) is 11.2. The molecule has 1 fully saturated rings. The SMILES string of the molecule is CCC1CCC(Nc2ccc(C)c(N)c2)C1C. The summed E-state index contributed by atoms with van der Waals surface area (Å²) < 4.78 is 0. The molecule has 1 aliphatic carbocycles. The van der Waals surface area contributed by atoms with E-state index < -0.39 is 0 Å². The molecule has 1 aliphatic rings.